The van der Waals surface area contributed by atoms with Crippen molar-refractivity contribution in [3.63, 3.8) is 0 Å². The lowest BCUT2D eigenvalue weighted by Gasteiger charge is -2.10. The lowest BCUT2D eigenvalue weighted by molar-refractivity contribution is 0.441. The van der Waals surface area contributed by atoms with E-state index in [0.717, 1.165) is 23.0 Å². The van der Waals surface area contributed by atoms with Crippen molar-refractivity contribution >= 4 is 27.5 Å². The number of halogens is 3. The maximum atomic E-state index is 14.1. The Morgan fingerprint density at radius 3 is 2.71 bits per heavy atom. The van der Waals surface area contributed by atoms with Gasteiger partial charge in [-0.1, -0.05) is 40.5 Å². The van der Waals surface area contributed by atoms with Gasteiger partial charge in [-0.25, -0.2) is 4.39 Å². The Bertz CT molecular complexity index is 621. The van der Waals surface area contributed by atoms with E-state index in [-0.39, 0.29) is 5.75 Å². The first-order valence-electron chi connectivity index (χ1n) is 6.72. The fourth-order valence-corrected chi connectivity index (χ4v) is 2.32. The normalized spacial score (nSPS) is 10.7. The number of benzene rings is 2. The summed E-state index contributed by atoms with van der Waals surface area (Å²) in [6.07, 6.45) is 1.05. The summed E-state index contributed by atoms with van der Waals surface area (Å²) in [4.78, 5) is 0. The van der Waals surface area contributed by atoms with E-state index in [0.29, 0.717) is 17.3 Å². The van der Waals surface area contributed by atoms with Crippen molar-refractivity contribution in [3.8, 4) is 11.5 Å². The summed E-state index contributed by atoms with van der Waals surface area (Å²) >= 11 is 9.37. The van der Waals surface area contributed by atoms with E-state index in [2.05, 4.69) is 28.2 Å². The number of nitrogens with one attached hydrogen (secondary N) is 1. The number of ether oxygens (including phenoxy) is 1. The van der Waals surface area contributed by atoms with Crippen molar-refractivity contribution in [1.82, 2.24) is 5.32 Å². The van der Waals surface area contributed by atoms with Crippen LogP contribution in [0.25, 0.3) is 0 Å². The zero-order valence-electron chi connectivity index (χ0n) is 11.6. The molecule has 0 unspecified atom stereocenters. The predicted molar refractivity (Wildman–Crippen MR) is 87.6 cm³/mol. The second-order valence-electron chi connectivity index (χ2n) is 4.62. The lowest BCUT2D eigenvalue weighted by atomic mass is 10.2. The Labute approximate surface area is 137 Å². The highest BCUT2D eigenvalue weighted by Crippen LogP contribution is 2.33. The van der Waals surface area contributed by atoms with Crippen molar-refractivity contribution in [1.29, 1.82) is 0 Å². The lowest BCUT2D eigenvalue weighted by Crippen LogP contribution is -2.13. The van der Waals surface area contributed by atoms with E-state index in [9.17, 15) is 4.39 Å². The molecule has 0 aromatic heterocycles. The van der Waals surface area contributed by atoms with Gasteiger partial charge in [0.15, 0.2) is 11.6 Å². The van der Waals surface area contributed by atoms with Crippen molar-refractivity contribution in [2.24, 2.45) is 0 Å². The van der Waals surface area contributed by atoms with Gasteiger partial charge in [-0.2, -0.15) is 0 Å². The summed E-state index contributed by atoms with van der Waals surface area (Å²) in [7, 11) is 0. The molecule has 2 rings (SSSR count). The Hall–Kier alpha value is -1.10. The molecule has 112 valence electrons. The summed E-state index contributed by atoms with van der Waals surface area (Å²) < 4.78 is 20.4. The summed E-state index contributed by atoms with van der Waals surface area (Å²) in [6, 6.07) is 10.1. The third kappa shape index (κ3) is 4.70. The molecule has 0 fully saturated rings. The van der Waals surface area contributed by atoms with Crippen molar-refractivity contribution in [3.05, 3.63) is 57.3 Å². The maximum Gasteiger partial charge on any atom is 0.166 e. The topological polar surface area (TPSA) is 21.3 Å². The molecule has 5 heteroatoms. The average molecular weight is 373 g/mol. The molecule has 2 nitrogen and oxygen atoms in total. The van der Waals surface area contributed by atoms with Gasteiger partial charge in [0.25, 0.3) is 0 Å². The largest absolute Gasteiger partial charge is 0.453 e. The Kier molecular flexibility index (Phi) is 6.03. The van der Waals surface area contributed by atoms with E-state index in [1.807, 2.05) is 6.07 Å². The molecular formula is C16H16BrClFNO. The molecule has 1 N–H and O–H groups in total. The van der Waals surface area contributed by atoms with E-state index >= 15 is 0 Å². The third-order valence-corrected chi connectivity index (χ3v) is 3.67. The van der Waals surface area contributed by atoms with E-state index in [1.54, 1.807) is 24.3 Å². The first kappa shape index (κ1) is 16.3. The number of hydrogen-bond acceptors (Lipinski definition) is 2. The van der Waals surface area contributed by atoms with E-state index in [4.69, 9.17) is 16.3 Å². The molecule has 0 aliphatic heterocycles. The Morgan fingerprint density at radius 2 is 2.00 bits per heavy atom. The fourth-order valence-electron chi connectivity index (χ4n) is 1.82. The van der Waals surface area contributed by atoms with Crippen LogP contribution >= 0.6 is 27.5 Å². The second kappa shape index (κ2) is 7.78. The van der Waals surface area contributed by atoms with Gasteiger partial charge in [0.1, 0.15) is 5.75 Å². The van der Waals surface area contributed by atoms with Gasteiger partial charge in [-0.3, -0.25) is 0 Å². The van der Waals surface area contributed by atoms with Gasteiger partial charge in [-0.15, -0.1) is 0 Å². The highest BCUT2D eigenvalue weighted by atomic mass is 79.9. The van der Waals surface area contributed by atoms with Crippen molar-refractivity contribution in [2.45, 2.75) is 19.9 Å². The number of hydrogen-bond donors (Lipinski definition) is 1. The van der Waals surface area contributed by atoms with Gasteiger partial charge < -0.3 is 10.1 Å². The monoisotopic (exact) mass is 371 g/mol. The van der Waals surface area contributed by atoms with Crippen LogP contribution in [0.3, 0.4) is 0 Å². The molecule has 0 saturated heterocycles. The summed E-state index contributed by atoms with van der Waals surface area (Å²) in [5, 5.41) is 3.67. The van der Waals surface area contributed by atoms with Crippen molar-refractivity contribution in [2.75, 3.05) is 6.54 Å². The van der Waals surface area contributed by atoms with E-state index in [1.165, 1.54) is 6.07 Å². The minimum absolute atomic E-state index is 0.161. The highest BCUT2D eigenvalue weighted by Gasteiger charge is 2.09. The Morgan fingerprint density at radius 1 is 1.19 bits per heavy atom. The highest BCUT2D eigenvalue weighted by molar-refractivity contribution is 9.10. The summed E-state index contributed by atoms with van der Waals surface area (Å²) in [5.41, 5.74) is 0.883. The zero-order chi connectivity index (χ0) is 15.2. The van der Waals surface area contributed by atoms with Crippen LogP contribution in [0, 0.1) is 5.82 Å². The van der Waals surface area contributed by atoms with Gasteiger partial charge in [-0.05, 0) is 48.9 Å². The quantitative estimate of drug-likeness (QED) is 0.673. The standard InChI is InChI=1S/C16H16BrClFNO/c1-2-7-20-10-11-3-6-15(14(19)8-11)21-16-9-12(17)4-5-13(16)18/h3-6,8-9,20H,2,7,10H2,1H3. The van der Waals surface area contributed by atoms with Crippen LogP contribution in [0.1, 0.15) is 18.9 Å². The minimum atomic E-state index is -0.401. The molecule has 0 radical (unpaired) electrons. The molecule has 21 heavy (non-hydrogen) atoms. The zero-order valence-corrected chi connectivity index (χ0v) is 14.0. The Balaban J connectivity index is 2.12. The minimum Gasteiger partial charge on any atom is -0.453 e. The molecule has 0 aliphatic carbocycles. The fraction of sp³-hybridized carbons (Fsp3) is 0.250. The van der Waals surface area contributed by atoms with Crippen molar-refractivity contribution < 1.29 is 9.13 Å². The number of rotatable bonds is 6. The van der Waals surface area contributed by atoms with Crippen LogP contribution in [-0.4, -0.2) is 6.54 Å². The second-order valence-corrected chi connectivity index (χ2v) is 5.94. The molecule has 0 saturated carbocycles. The molecule has 0 aliphatic rings. The van der Waals surface area contributed by atoms with Gasteiger partial charge >= 0.3 is 0 Å². The summed E-state index contributed by atoms with van der Waals surface area (Å²) in [6.45, 7) is 3.64. The molecule has 0 spiro atoms. The third-order valence-electron chi connectivity index (χ3n) is 2.87. The molecule has 2 aromatic rings. The molecule has 0 amide bonds. The van der Waals surface area contributed by atoms with Crippen LogP contribution in [0.15, 0.2) is 40.9 Å². The SMILES string of the molecule is CCCNCc1ccc(Oc2cc(Br)ccc2Cl)c(F)c1. The van der Waals surface area contributed by atoms with Crippen LogP contribution in [0.2, 0.25) is 5.02 Å². The maximum absolute atomic E-state index is 14.1. The van der Waals surface area contributed by atoms with E-state index < -0.39 is 5.82 Å². The molecule has 2 aromatic carbocycles. The molecule has 0 heterocycles. The first-order chi connectivity index (χ1) is 10.1. The smallest absolute Gasteiger partial charge is 0.166 e. The molecule has 0 bridgehead atoms. The van der Waals surface area contributed by atoms with Crippen LogP contribution in [-0.2, 0) is 6.54 Å². The summed E-state index contributed by atoms with van der Waals surface area (Å²) in [5.74, 6) is 0.179. The van der Waals surface area contributed by atoms with Crippen LogP contribution < -0.4 is 10.1 Å². The average Bonchev–Trinajstić information content (AvgIpc) is 2.46. The molecule has 0 atom stereocenters. The first-order valence-corrected chi connectivity index (χ1v) is 7.89. The van der Waals surface area contributed by atoms with Gasteiger partial charge in [0, 0.05) is 11.0 Å². The van der Waals surface area contributed by atoms with Crippen LogP contribution in [0.4, 0.5) is 4.39 Å². The predicted octanol–water partition coefficient (Wildman–Crippen LogP) is 5.53. The molecular weight excluding hydrogens is 357 g/mol. The van der Waals surface area contributed by atoms with Crippen LogP contribution in [0.5, 0.6) is 11.5 Å². The van der Waals surface area contributed by atoms with Gasteiger partial charge in [0.05, 0.1) is 5.02 Å². The van der Waals surface area contributed by atoms with Gasteiger partial charge in [0.2, 0.25) is 0 Å².